The molecule has 1 aliphatic heterocycles. The molecule has 13 rings (SSSR count). The Balaban J connectivity index is 1.11. The van der Waals surface area contributed by atoms with E-state index in [2.05, 4.69) is 127 Å². The summed E-state index contributed by atoms with van der Waals surface area (Å²) in [6, 6.07) is 67.7. The Kier molecular flexibility index (Phi) is 7.72. The first-order valence-electron chi connectivity index (χ1n) is 21.1. The summed E-state index contributed by atoms with van der Waals surface area (Å²) in [5.41, 5.74) is 14.8. The molecule has 1 aliphatic carbocycles. The van der Waals surface area contributed by atoms with E-state index in [1.54, 1.807) is 0 Å². The van der Waals surface area contributed by atoms with Gasteiger partial charge in [-0.15, -0.1) is 0 Å². The van der Waals surface area contributed by atoms with Crippen molar-refractivity contribution in [3.63, 3.8) is 0 Å². The van der Waals surface area contributed by atoms with Gasteiger partial charge in [0.2, 0.25) is 0 Å². The lowest BCUT2D eigenvalue weighted by Gasteiger charge is -2.42. The molecule has 6 nitrogen and oxygen atoms in total. The number of hydrogen-bond donors (Lipinski definition) is 0. The van der Waals surface area contributed by atoms with E-state index in [9.17, 15) is 0 Å². The van der Waals surface area contributed by atoms with Gasteiger partial charge in [-0.25, -0.2) is 19.9 Å². The molecule has 8 aromatic carbocycles. The number of nitrogens with zero attached hydrogens (tertiary/aromatic N) is 4. The smallest absolute Gasteiger partial charge is 0.160 e. The van der Waals surface area contributed by atoms with Crippen molar-refractivity contribution in [3.8, 4) is 79.0 Å². The largest absolute Gasteiger partial charge is 0.457 e. The molecule has 2 aliphatic rings. The molecule has 1 atom stereocenters. The summed E-state index contributed by atoms with van der Waals surface area (Å²) in [4.78, 5) is 20.2. The molecule has 0 saturated heterocycles. The SMILES string of the molecule is c1ccc(-c2cc(-c3cnc(-c4ccccc4)nc3)nc(-c3ccc4c(c3)C3(c5ccccc5Oc5cc6c(cc53)oc3ccccc36)c3ccccc3-c3ccccc3-4)n2)cc1. The van der Waals surface area contributed by atoms with E-state index >= 15 is 0 Å². The number of hydrogen-bond acceptors (Lipinski definition) is 6. The second-order valence-electron chi connectivity index (χ2n) is 16.1. The van der Waals surface area contributed by atoms with Crippen molar-refractivity contribution in [1.29, 1.82) is 0 Å². The van der Waals surface area contributed by atoms with Gasteiger partial charge < -0.3 is 9.15 Å². The quantitative estimate of drug-likeness (QED) is 0.176. The molecule has 0 bridgehead atoms. The van der Waals surface area contributed by atoms with E-state index in [1.165, 1.54) is 0 Å². The van der Waals surface area contributed by atoms with Gasteiger partial charge in [0.15, 0.2) is 11.6 Å². The molecule has 1 spiro atoms. The van der Waals surface area contributed by atoms with Gasteiger partial charge >= 0.3 is 0 Å². The first-order valence-corrected chi connectivity index (χ1v) is 21.1. The Morgan fingerprint density at radius 2 is 0.968 bits per heavy atom. The van der Waals surface area contributed by atoms with Gasteiger partial charge in [0.1, 0.15) is 22.7 Å². The molecule has 6 heteroatoms. The van der Waals surface area contributed by atoms with E-state index < -0.39 is 5.41 Å². The van der Waals surface area contributed by atoms with Crippen molar-refractivity contribution in [2.45, 2.75) is 5.41 Å². The molecule has 0 amide bonds. The average molecular weight is 807 g/mol. The summed E-state index contributed by atoms with van der Waals surface area (Å²) in [6.07, 6.45) is 3.70. The van der Waals surface area contributed by atoms with Crippen LogP contribution in [-0.4, -0.2) is 19.9 Å². The van der Waals surface area contributed by atoms with Crippen molar-refractivity contribution in [3.05, 3.63) is 229 Å². The van der Waals surface area contributed by atoms with Crippen LogP contribution >= 0.6 is 0 Å². The van der Waals surface area contributed by atoms with Crippen LogP contribution in [0.1, 0.15) is 22.3 Å². The fourth-order valence-corrected chi connectivity index (χ4v) is 9.89. The van der Waals surface area contributed by atoms with Gasteiger partial charge in [-0.1, -0.05) is 158 Å². The Bertz CT molecular complexity index is 3600. The first-order chi connectivity index (χ1) is 31.2. The van der Waals surface area contributed by atoms with Crippen LogP contribution in [0.3, 0.4) is 0 Å². The normalized spacial score (nSPS) is 14.5. The summed E-state index contributed by atoms with van der Waals surface area (Å²) < 4.78 is 13.6. The van der Waals surface area contributed by atoms with Crippen LogP contribution in [0.5, 0.6) is 11.5 Å². The molecule has 63 heavy (non-hydrogen) atoms. The number of aromatic nitrogens is 4. The summed E-state index contributed by atoms with van der Waals surface area (Å²) in [7, 11) is 0. The van der Waals surface area contributed by atoms with Gasteiger partial charge in [-0.2, -0.15) is 0 Å². The van der Waals surface area contributed by atoms with Gasteiger partial charge in [0.25, 0.3) is 0 Å². The number of para-hydroxylation sites is 2. The third kappa shape index (κ3) is 5.38. The zero-order valence-corrected chi connectivity index (χ0v) is 33.7. The topological polar surface area (TPSA) is 73.9 Å². The summed E-state index contributed by atoms with van der Waals surface area (Å²) in [5.74, 6) is 2.84. The van der Waals surface area contributed by atoms with E-state index in [0.717, 1.165) is 112 Å². The molecule has 11 aromatic rings. The van der Waals surface area contributed by atoms with Crippen LogP contribution in [0, 0.1) is 0 Å². The van der Waals surface area contributed by atoms with E-state index in [1.807, 2.05) is 79.1 Å². The Morgan fingerprint density at radius 1 is 0.349 bits per heavy atom. The molecule has 3 aromatic heterocycles. The molecular formula is C57H34N4O2. The maximum absolute atomic E-state index is 6.98. The van der Waals surface area contributed by atoms with Crippen LogP contribution in [0.15, 0.2) is 211 Å². The van der Waals surface area contributed by atoms with Crippen molar-refractivity contribution >= 4 is 21.9 Å². The number of fused-ring (bicyclic) bond motifs is 14. The highest BCUT2D eigenvalue weighted by Crippen LogP contribution is 2.61. The van der Waals surface area contributed by atoms with Gasteiger partial charge in [-0.05, 0) is 69.8 Å². The third-order valence-corrected chi connectivity index (χ3v) is 12.7. The minimum atomic E-state index is -0.862. The fourth-order valence-electron chi connectivity index (χ4n) is 9.89. The average Bonchev–Trinajstić information content (AvgIpc) is 3.68. The number of benzene rings is 8. The van der Waals surface area contributed by atoms with Crippen molar-refractivity contribution < 1.29 is 9.15 Å². The molecule has 0 radical (unpaired) electrons. The highest BCUT2D eigenvalue weighted by molar-refractivity contribution is 6.06. The zero-order valence-electron chi connectivity index (χ0n) is 33.7. The highest BCUT2D eigenvalue weighted by Gasteiger charge is 2.49. The summed E-state index contributed by atoms with van der Waals surface area (Å²) in [6.45, 7) is 0. The Labute approximate surface area is 362 Å². The monoisotopic (exact) mass is 806 g/mol. The second kappa shape index (κ2) is 13.8. The lowest BCUT2D eigenvalue weighted by molar-refractivity contribution is 0.435. The summed E-state index contributed by atoms with van der Waals surface area (Å²) >= 11 is 0. The summed E-state index contributed by atoms with van der Waals surface area (Å²) in [5, 5.41) is 2.06. The molecule has 4 heterocycles. The molecule has 0 N–H and O–H groups in total. The third-order valence-electron chi connectivity index (χ3n) is 12.7. The lowest BCUT2D eigenvalue weighted by atomic mass is 9.62. The van der Waals surface area contributed by atoms with Crippen LogP contribution in [0.25, 0.3) is 89.5 Å². The van der Waals surface area contributed by atoms with E-state index in [-0.39, 0.29) is 0 Å². The minimum Gasteiger partial charge on any atom is -0.457 e. The predicted molar refractivity (Wildman–Crippen MR) is 249 cm³/mol. The van der Waals surface area contributed by atoms with E-state index in [0.29, 0.717) is 11.6 Å². The lowest BCUT2D eigenvalue weighted by Crippen LogP contribution is -2.34. The maximum Gasteiger partial charge on any atom is 0.160 e. The standard InChI is InChI=1S/C57H34N4O2/c1-3-15-35(16-4-1)49-32-50(38-33-58-55(59-34-38)36-17-5-2-6-18-36)61-56(60-49)37-27-28-42-40-20-8-7-19-39(40)41-21-9-11-23-45(41)57(47(42)29-37)46-24-12-14-26-52(46)63-54-30-44-43-22-10-13-25-51(43)62-53(44)31-48(54)57/h1-34H. The van der Waals surface area contributed by atoms with Gasteiger partial charge in [-0.3, -0.25) is 0 Å². The van der Waals surface area contributed by atoms with Gasteiger partial charge in [0, 0.05) is 56.5 Å². The Hall–Kier alpha value is -8.48. The maximum atomic E-state index is 6.98. The molecular weight excluding hydrogens is 773 g/mol. The molecule has 0 saturated carbocycles. The molecule has 294 valence electrons. The van der Waals surface area contributed by atoms with Crippen molar-refractivity contribution in [2.24, 2.45) is 0 Å². The van der Waals surface area contributed by atoms with Crippen LogP contribution in [0.2, 0.25) is 0 Å². The van der Waals surface area contributed by atoms with Crippen molar-refractivity contribution in [1.82, 2.24) is 19.9 Å². The molecule has 0 fully saturated rings. The van der Waals surface area contributed by atoms with Gasteiger partial charge in [0.05, 0.1) is 16.8 Å². The number of ether oxygens (including phenoxy) is 1. The predicted octanol–water partition coefficient (Wildman–Crippen LogP) is 14.0. The second-order valence-corrected chi connectivity index (χ2v) is 16.1. The van der Waals surface area contributed by atoms with Crippen LogP contribution < -0.4 is 4.74 Å². The zero-order chi connectivity index (χ0) is 41.5. The molecule has 1 unspecified atom stereocenters. The van der Waals surface area contributed by atoms with Crippen molar-refractivity contribution in [2.75, 3.05) is 0 Å². The van der Waals surface area contributed by atoms with Crippen LogP contribution in [0.4, 0.5) is 0 Å². The number of rotatable bonds is 4. The highest BCUT2D eigenvalue weighted by atomic mass is 16.5. The minimum absolute atomic E-state index is 0.593. The first kappa shape index (κ1) is 35.3. The van der Waals surface area contributed by atoms with Crippen LogP contribution in [-0.2, 0) is 5.41 Å². The number of furan rings is 1. The Morgan fingerprint density at radius 3 is 1.75 bits per heavy atom. The van der Waals surface area contributed by atoms with E-state index in [4.69, 9.17) is 29.1 Å². The fraction of sp³-hybridized carbons (Fsp3) is 0.0175.